The van der Waals surface area contributed by atoms with Gasteiger partial charge >= 0.3 is 0 Å². The second-order valence-corrected chi connectivity index (χ2v) is 7.71. The lowest BCUT2D eigenvalue weighted by Crippen LogP contribution is -2.37. The van der Waals surface area contributed by atoms with E-state index < -0.39 is 0 Å². The molecule has 0 spiro atoms. The number of nitrogen functional groups attached to an aromatic ring is 1. The Morgan fingerprint density at radius 2 is 1.81 bits per heavy atom. The molecule has 1 aromatic heterocycles. The molecule has 1 fully saturated rings. The third-order valence-corrected chi connectivity index (χ3v) is 5.60. The van der Waals surface area contributed by atoms with Gasteiger partial charge in [-0.25, -0.2) is 4.68 Å². The van der Waals surface area contributed by atoms with Crippen LogP contribution in [0.4, 0.5) is 0 Å². The van der Waals surface area contributed by atoms with Gasteiger partial charge in [0.1, 0.15) is 5.75 Å². The van der Waals surface area contributed by atoms with Crippen LogP contribution in [0.2, 0.25) is 0 Å². The summed E-state index contributed by atoms with van der Waals surface area (Å²) in [6.07, 6.45) is 4.57. The van der Waals surface area contributed by atoms with Crippen molar-refractivity contribution in [2.24, 2.45) is 0 Å². The summed E-state index contributed by atoms with van der Waals surface area (Å²) in [5.74, 6) is 7.64. The van der Waals surface area contributed by atoms with Crippen molar-refractivity contribution in [2.45, 2.75) is 43.0 Å². The molecule has 26 heavy (non-hydrogen) atoms. The lowest BCUT2D eigenvalue weighted by molar-refractivity contribution is -0.130. The van der Waals surface area contributed by atoms with Gasteiger partial charge in [0.15, 0.2) is 5.82 Å². The number of rotatable bonds is 5. The van der Waals surface area contributed by atoms with Crippen molar-refractivity contribution in [1.82, 2.24) is 19.8 Å². The first-order valence-corrected chi connectivity index (χ1v) is 9.78. The van der Waals surface area contributed by atoms with Crippen molar-refractivity contribution >= 4 is 17.7 Å². The van der Waals surface area contributed by atoms with E-state index in [2.05, 4.69) is 10.2 Å². The maximum Gasteiger partial charge on any atom is 0.235 e. The molecule has 7 nitrogen and oxygen atoms in total. The molecule has 3 rings (SSSR count). The van der Waals surface area contributed by atoms with E-state index in [-0.39, 0.29) is 11.2 Å². The predicted molar refractivity (Wildman–Crippen MR) is 103 cm³/mol. The zero-order valence-corrected chi connectivity index (χ0v) is 16.0. The molecule has 1 aliphatic rings. The predicted octanol–water partition coefficient (Wildman–Crippen LogP) is 2.55. The second-order valence-electron chi connectivity index (χ2n) is 6.40. The van der Waals surface area contributed by atoms with Crippen LogP contribution >= 0.6 is 11.8 Å². The van der Waals surface area contributed by atoms with Crippen LogP contribution in [0.3, 0.4) is 0 Å². The molecule has 1 aromatic carbocycles. The average molecular weight is 375 g/mol. The van der Waals surface area contributed by atoms with Gasteiger partial charge < -0.3 is 15.5 Å². The van der Waals surface area contributed by atoms with Crippen LogP contribution in [0.25, 0.3) is 11.4 Å². The van der Waals surface area contributed by atoms with Crippen LogP contribution in [0.1, 0.15) is 32.6 Å². The Morgan fingerprint density at radius 3 is 2.42 bits per heavy atom. The summed E-state index contributed by atoms with van der Waals surface area (Å²) < 4.78 is 6.61. The number of ether oxygens (including phenoxy) is 1. The maximum absolute atomic E-state index is 12.7. The lowest BCUT2D eigenvalue weighted by atomic mass is 10.2. The topological polar surface area (TPSA) is 86.3 Å². The van der Waals surface area contributed by atoms with Gasteiger partial charge in [0.25, 0.3) is 0 Å². The minimum atomic E-state index is -0.247. The normalized spacial score (nSPS) is 16.2. The highest BCUT2D eigenvalue weighted by molar-refractivity contribution is 8.00. The Bertz CT molecular complexity index is 739. The van der Waals surface area contributed by atoms with Crippen LogP contribution in [-0.4, -0.2) is 51.1 Å². The van der Waals surface area contributed by atoms with E-state index in [0.717, 1.165) is 37.2 Å². The third-order valence-electron chi connectivity index (χ3n) is 4.56. The van der Waals surface area contributed by atoms with Gasteiger partial charge in [-0.1, -0.05) is 24.6 Å². The number of nitrogens with zero attached hydrogens (tertiary/aromatic N) is 4. The number of thioether (sulfide) groups is 1. The third kappa shape index (κ3) is 4.12. The van der Waals surface area contributed by atoms with Crippen LogP contribution < -0.4 is 10.6 Å². The van der Waals surface area contributed by atoms with Crippen LogP contribution in [-0.2, 0) is 4.79 Å². The number of amides is 1. The van der Waals surface area contributed by atoms with E-state index in [1.54, 1.807) is 7.11 Å². The molecule has 0 bridgehead atoms. The Hall–Kier alpha value is -2.22. The van der Waals surface area contributed by atoms with E-state index in [1.165, 1.54) is 29.3 Å². The minimum Gasteiger partial charge on any atom is -0.497 e. The van der Waals surface area contributed by atoms with Crippen LogP contribution in [0.5, 0.6) is 5.75 Å². The second kappa shape index (κ2) is 8.44. The Morgan fingerprint density at radius 1 is 1.15 bits per heavy atom. The van der Waals surface area contributed by atoms with E-state index in [4.69, 9.17) is 10.6 Å². The lowest BCUT2D eigenvalue weighted by Gasteiger charge is -2.23. The number of carbonyl (C=O) groups is 1. The standard InChI is InChI=1S/C18H25N5O2S/c1-13(17(24)22-11-5-3-4-6-12-22)26-18-21-20-16(23(18)19)14-7-9-15(25-2)10-8-14/h7-10,13H,3-6,11-12,19H2,1-2H3/t13-/m1/s1. The van der Waals surface area contributed by atoms with Crippen LogP contribution in [0.15, 0.2) is 29.4 Å². The molecule has 0 unspecified atom stereocenters. The number of likely N-dealkylation sites (tertiary alicyclic amines) is 1. The first-order valence-electron chi connectivity index (χ1n) is 8.90. The molecular weight excluding hydrogens is 350 g/mol. The highest BCUT2D eigenvalue weighted by atomic mass is 32.2. The molecule has 1 amide bonds. The average Bonchev–Trinajstić information content (AvgIpc) is 2.87. The number of hydrogen-bond donors (Lipinski definition) is 1. The van der Waals surface area contributed by atoms with Crippen molar-refractivity contribution in [3.05, 3.63) is 24.3 Å². The van der Waals surface area contributed by atoms with E-state index >= 15 is 0 Å². The van der Waals surface area contributed by atoms with Gasteiger partial charge in [0.05, 0.1) is 12.4 Å². The number of nitrogens with two attached hydrogens (primary N) is 1. The molecule has 2 aromatic rings. The fraction of sp³-hybridized carbons (Fsp3) is 0.500. The van der Waals surface area contributed by atoms with E-state index in [1.807, 2.05) is 36.1 Å². The summed E-state index contributed by atoms with van der Waals surface area (Å²) in [5, 5.41) is 8.64. The van der Waals surface area contributed by atoms with Gasteiger partial charge in [-0.15, -0.1) is 10.2 Å². The quantitative estimate of drug-likeness (QED) is 0.638. The highest BCUT2D eigenvalue weighted by Gasteiger charge is 2.24. The Kier molecular flexibility index (Phi) is 6.03. The molecule has 8 heteroatoms. The molecule has 140 valence electrons. The van der Waals surface area contributed by atoms with Gasteiger partial charge in [-0.3, -0.25) is 4.79 Å². The summed E-state index contributed by atoms with van der Waals surface area (Å²) >= 11 is 1.35. The monoisotopic (exact) mass is 375 g/mol. The molecule has 1 atom stereocenters. The Balaban J connectivity index is 1.69. The summed E-state index contributed by atoms with van der Waals surface area (Å²) in [7, 11) is 1.62. The maximum atomic E-state index is 12.7. The molecule has 2 heterocycles. The number of carbonyl (C=O) groups excluding carboxylic acids is 1. The van der Waals surface area contributed by atoms with Crippen molar-refractivity contribution in [2.75, 3.05) is 26.0 Å². The smallest absolute Gasteiger partial charge is 0.235 e. The molecular formula is C18H25N5O2S. The van der Waals surface area contributed by atoms with Gasteiger partial charge in [-0.2, -0.15) is 0 Å². The minimum absolute atomic E-state index is 0.144. The number of hydrogen-bond acceptors (Lipinski definition) is 6. The SMILES string of the molecule is COc1ccc(-c2nnc(S[C@H](C)C(=O)N3CCCCCC3)n2N)cc1. The summed E-state index contributed by atoms with van der Waals surface area (Å²) in [4.78, 5) is 14.7. The van der Waals surface area contributed by atoms with Gasteiger partial charge in [0, 0.05) is 18.7 Å². The largest absolute Gasteiger partial charge is 0.497 e. The number of aromatic nitrogens is 3. The molecule has 1 aliphatic heterocycles. The van der Waals surface area contributed by atoms with Gasteiger partial charge in [-0.05, 0) is 44.0 Å². The number of benzene rings is 1. The van der Waals surface area contributed by atoms with Crippen LogP contribution in [0, 0.1) is 0 Å². The Labute approximate surface area is 157 Å². The zero-order chi connectivity index (χ0) is 18.5. The molecule has 0 saturated carbocycles. The van der Waals surface area contributed by atoms with Gasteiger partial charge in [0.2, 0.25) is 11.1 Å². The van der Waals surface area contributed by atoms with E-state index in [0.29, 0.717) is 11.0 Å². The van der Waals surface area contributed by atoms with Crippen molar-refractivity contribution in [3.63, 3.8) is 0 Å². The molecule has 2 N–H and O–H groups in total. The molecule has 0 radical (unpaired) electrons. The fourth-order valence-corrected chi connectivity index (χ4v) is 3.91. The summed E-state index contributed by atoms with van der Waals surface area (Å²) in [6, 6.07) is 7.46. The summed E-state index contributed by atoms with van der Waals surface area (Å²) in [5.41, 5.74) is 0.846. The van der Waals surface area contributed by atoms with Crippen molar-refractivity contribution in [1.29, 1.82) is 0 Å². The molecule has 0 aliphatic carbocycles. The highest BCUT2D eigenvalue weighted by Crippen LogP contribution is 2.27. The summed E-state index contributed by atoms with van der Waals surface area (Å²) in [6.45, 7) is 3.59. The first-order chi connectivity index (χ1) is 12.6. The van der Waals surface area contributed by atoms with Crippen molar-refractivity contribution in [3.8, 4) is 17.1 Å². The first kappa shape index (κ1) is 18.6. The number of methoxy groups -OCH3 is 1. The van der Waals surface area contributed by atoms with E-state index in [9.17, 15) is 4.79 Å². The molecule has 1 saturated heterocycles. The zero-order valence-electron chi connectivity index (χ0n) is 15.2. The fourth-order valence-electron chi connectivity index (χ4n) is 3.05. The van der Waals surface area contributed by atoms with Crippen molar-refractivity contribution < 1.29 is 9.53 Å².